The fourth-order valence-corrected chi connectivity index (χ4v) is 3.75. The van der Waals surface area contributed by atoms with E-state index in [1.807, 2.05) is 24.5 Å². The van der Waals surface area contributed by atoms with Crippen LogP contribution in [0.1, 0.15) is 86.8 Å². The fourth-order valence-electron chi connectivity index (χ4n) is 3.75. The second-order valence-electron chi connectivity index (χ2n) is 8.63. The van der Waals surface area contributed by atoms with Crippen LogP contribution in [0.15, 0.2) is 36.7 Å². The molecule has 0 atom stereocenters. The first-order valence-corrected chi connectivity index (χ1v) is 10.6. The predicted molar refractivity (Wildman–Crippen MR) is 115 cm³/mol. The number of anilines is 1. The first-order valence-electron chi connectivity index (χ1n) is 10.6. The molecular formula is C24H33N3O. The second kappa shape index (κ2) is 9.31. The predicted octanol–water partition coefficient (Wildman–Crippen LogP) is 5.60. The molecule has 28 heavy (non-hydrogen) atoms. The van der Waals surface area contributed by atoms with Crippen LogP contribution in [0.25, 0.3) is 0 Å². The third-order valence-electron chi connectivity index (χ3n) is 5.89. The van der Waals surface area contributed by atoms with Crippen LogP contribution in [0, 0.1) is 5.92 Å². The molecule has 0 radical (unpaired) electrons. The van der Waals surface area contributed by atoms with Crippen molar-refractivity contribution in [1.82, 2.24) is 9.97 Å². The molecule has 4 heteroatoms. The summed E-state index contributed by atoms with van der Waals surface area (Å²) in [5.41, 5.74) is 3.07. The Hall–Kier alpha value is -2.23. The summed E-state index contributed by atoms with van der Waals surface area (Å²) in [5, 5.41) is 0. The zero-order valence-electron chi connectivity index (χ0n) is 17.7. The maximum absolute atomic E-state index is 12.5. The molecule has 0 aromatic carbocycles. The van der Waals surface area contributed by atoms with E-state index in [1.54, 1.807) is 0 Å². The van der Waals surface area contributed by atoms with Gasteiger partial charge in [-0.1, -0.05) is 39.8 Å². The highest BCUT2D eigenvalue weighted by Crippen LogP contribution is 2.26. The van der Waals surface area contributed by atoms with Crippen molar-refractivity contribution in [1.29, 1.82) is 0 Å². The lowest BCUT2D eigenvalue weighted by atomic mass is 9.91. The maximum atomic E-state index is 12.5. The standard InChI is InChI=1S/C24H33N3O/c1-17(2)20-6-8-22(25-15-20)23(28)9-5-19-11-13-27(14-12-19)24-10-7-21(16-26-24)18(3)4/h6-8,10,15-19H,5,9,11-14H2,1-4H3. The van der Waals surface area contributed by atoms with Crippen molar-refractivity contribution >= 4 is 11.6 Å². The molecule has 4 nitrogen and oxygen atoms in total. The molecule has 0 aliphatic carbocycles. The minimum atomic E-state index is 0.170. The van der Waals surface area contributed by atoms with Gasteiger partial charge in [0.25, 0.3) is 0 Å². The third-order valence-corrected chi connectivity index (χ3v) is 5.89. The summed E-state index contributed by atoms with van der Waals surface area (Å²) in [6.07, 6.45) is 7.65. The van der Waals surface area contributed by atoms with Crippen molar-refractivity contribution in [2.75, 3.05) is 18.0 Å². The highest BCUT2D eigenvalue weighted by atomic mass is 16.1. The number of piperidine rings is 1. The van der Waals surface area contributed by atoms with Gasteiger partial charge in [0.15, 0.2) is 5.78 Å². The summed E-state index contributed by atoms with van der Waals surface area (Å²) in [7, 11) is 0. The molecule has 0 unspecified atom stereocenters. The number of Topliss-reactive ketones (excluding diaryl/α,β-unsaturated/α-hetero) is 1. The van der Waals surface area contributed by atoms with Gasteiger partial charge in [0.2, 0.25) is 0 Å². The topological polar surface area (TPSA) is 46.1 Å². The monoisotopic (exact) mass is 379 g/mol. The molecule has 1 aliphatic rings. The van der Waals surface area contributed by atoms with Crippen molar-refractivity contribution in [2.24, 2.45) is 5.92 Å². The lowest BCUT2D eigenvalue weighted by Gasteiger charge is -2.32. The van der Waals surface area contributed by atoms with Gasteiger partial charge in [-0.05, 0) is 60.3 Å². The Morgan fingerprint density at radius 1 is 0.964 bits per heavy atom. The van der Waals surface area contributed by atoms with Crippen molar-refractivity contribution in [3.05, 3.63) is 53.5 Å². The minimum absolute atomic E-state index is 0.170. The van der Waals surface area contributed by atoms with E-state index in [1.165, 1.54) is 11.1 Å². The van der Waals surface area contributed by atoms with E-state index in [2.05, 4.69) is 54.7 Å². The molecule has 3 heterocycles. The molecule has 2 aromatic heterocycles. The van der Waals surface area contributed by atoms with Crippen LogP contribution in [-0.2, 0) is 0 Å². The molecule has 2 aromatic rings. The average Bonchev–Trinajstić information content (AvgIpc) is 2.72. The van der Waals surface area contributed by atoms with Gasteiger partial charge in [-0.25, -0.2) is 4.98 Å². The molecule has 0 amide bonds. The number of hydrogen-bond acceptors (Lipinski definition) is 4. The molecule has 1 aliphatic heterocycles. The van der Waals surface area contributed by atoms with E-state index in [4.69, 9.17) is 0 Å². The molecule has 0 saturated carbocycles. The van der Waals surface area contributed by atoms with E-state index in [-0.39, 0.29) is 5.78 Å². The Labute approximate surface area is 169 Å². The Balaban J connectivity index is 1.45. The number of ketones is 1. The van der Waals surface area contributed by atoms with Crippen LogP contribution >= 0.6 is 0 Å². The van der Waals surface area contributed by atoms with E-state index < -0.39 is 0 Å². The van der Waals surface area contributed by atoms with Gasteiger partial charge < -0.3 is 4.90 Å². The van der Waals surface area contributed by atoms with Gasteiger partial charge in [-0.3, -0.25) is 9.78 Å². The number of carbonyl (C=O) groups excluding carboxylic acids is 1. The number of pyridine rings is 2. The normalized spacial score (nSPS) is 15.4. The number of hydrogen-bond donors (Lipinski definition) is 0. The Kier molecular flexibility index (Phi) is 6.82. The number of nitrogens with zero attached hydrogens (tertiary/aromatic N) is 3. The van der Waals surface area contributed by atoms with Crippen LogP contribution in [0.2, 0.25) is 0 Å². The van der Waals surface area contributed by atoms with Crippen molar-refractivity contribution in [3.8, 4) is 0 Å². The molecule has 0 bridgehead atoms. The zero-order chi connectivity index (χ0) is 20.1. The Morgan fingerprint density at radius 3 is 2.07 bits per heavy atom. The highest BCUT2D eigenvalue weighted by Gasteiger charge is 2.21. The second-order valence-corrected chi connectivity index (χ2v) is 8.63. The van der Waals surface area contributed by atoms with Crippen LogP contribution in [-0.4, -0.2) is 28.8 Å². The minimum Gasteiger partial charge on any atom is -0.357 e. The van der Waals surface area contributed by atoms with Crippen LogP contribution < -0.4 is 4.90 Å². The van der Waals surface area contributed by atoms with Gasteiger partial charge >= 0.3 is 0 Å². The zero-order valence-corrected chi connectivity index (χ0v) is 17.7. The highest BCUT2D eigenvalue weighted by molar-refractivity contribution is 5.94. The van der Waals surface area contributed by atoms with Gasteiger partial charge in [0, 0.05) is 31.9 Å². The van der Waals surface area contributed by atoms with Gasteiger partial charge in [-0.2, -0.15) is 0 Å². The SMILES string of the molecule is CC(C)c1ccc(C(=O)CCC2CCN(c3ccc(C(C)C)cn3)CC2)nc1. The molecule has 3 rings (SSSR count). The quantitative estimate of drug-likeness (QED) is 0.587. The number of aromatic nitrogens is 2. The van der Waals surface area contributed by atoms with Crippen molar-refractivity contribution in [2.45, 2.75) is 65.2 Å². The summed E-state index contributed by atoms with van der Waals surface area (Å²) in [6.45, 7) is 10.7. The molecular weight excluding hydrogens is 346 g/mol. The van der Waals surface area contributed by atoms with E-state index in [0.29, 0.717) is 29.9 Å². The lowest BCUT2D eigenvalue weighted by molar-refractivity contribution is 0.0966. The summed E-state index contributed by atoms with van der Waals surface area (Å²) >= 11 is 0. The molecule has 0 N–H and O–H groups in total. The van der Waals surface area contributed by atoms with Crippen LogP contribution in [0.3, 0.4) is 0 Å². The average molecular weight is 380 g/mol. The Morgan fingerprint density at radius 2 is 1.57 bits per heavy atom. The Bertz CT molecular complexity index is 757. The van der Waals surface area contributed by atoms with Crippen molar-refractivity contribution < 1.29 is 4.79 Å². The summed E-state index contributed by atoms with van der Waals surface area (Å²) in [5.74, 6) is 2.82. The van der Waals surface area contributed by atoms with E-state index in [0.717, 1.165) is 38.2 Å². The summed E-state index contributed by atoms with van der Waals surface area (Å²) < 4.78 is 0. The van der Waals surface area contributed by atoms with Gasteiger partial charge in [0.05, 0.1) is 0 Å². The van der Waals surface area contributed by atoms with Crippen LogP contribution in [0.5, 0.6) is 0 Å². The molecule has 0 spiro atoms. The first-order chi connectivity index (χ1) is 13.4. The van der Waals surface area contributed by atoms with Crippen molar-refractivity contribution in [3.63, 3.8) is 0 Å². The molecule has 1 saturated heterocycles. The third kappa shape index (κ3) is 5.18. The first kappa shape index (κ1) is 20.5. The lowest BCUT2D eigenvalue weighted by Crippen LogP contribution is -2.34. The number of carbonyl (C=O) groups is 1. The summed E-state index contributed by atoms with van der Waals surface area (Å²) in [4.78, 5) is 23.8. The maximum Gasteiger partial charge on any atom is 0.181 e. The van der Waals surface area contributed by atoms with E-state index >= 15 is 0 Å². The molecule has 150 valence electrons. The van der Waals surface area contributed by atoms with Gasteiger partial charge in [0.1, 0.15) is 11.5 Å². The summed E-state index contributed by atoms with van der Waals surface area (Å²) in [6, 6.07) is 8.24. The number of rotatable bonds is 7. The molecule has 1 fully saturated rings. The van der Waals surface area contributed by atoms with Gasteiger partial charge in [-0.15, -0.1) is 0 Å². The fraction of sp³-hybridized carbons (Fsp3) is 0.542. The van der Waals surface area contributed by atoms with Crippen LogP contribution in [0.4, 0.5) is 5.82 Å². The van der Waals surface area contributed by atoms with E-state index in [9.17, 15) is 4.79 Å². The smallest absolute Gasteiger partial charge is 0.181 e. The largest absolute Gasteiger partial charge is 0.357 e.